The molecule has 0 radical (unpaired) electrons. The van der Waals surface area contributed by atoms with Gasteiger partial charge in [0, 0.05) is 12.1 Å². The van der Waals surface area contributed by atoms with E-state index in [0.717, 1.165) is 24.8 Å². The summed E-state index contributed by atoms with van der Waals surface area (Å²) in [6.07, 6.45) is 3.15. The van der Waals surface area contributed by atoms with Crippen molar-refractivity contribution in [2.45, 2.75) is 37.8 Å². The van der Waals surface area contributed by atoms with Gasteiger partial charge in [0.05, 0.1) is 0 Å². The summed E-state index contributed by atoms with van der Waals surface area (Å²) < 4.78 is 5.17. The summed E-state index contributed by atoms with van der Waals surface area (Å²) in [5.41, 5.74) is 0.736. The Morgan fingerprint density at radius 3 is 2.61 bits per heavy atom. The SMILES string of the molecule is O=C(NC1(CCO)CCC1)OCc1ccccc1. The molecule has 0 aliphatic heterocycles. The lowest BCUT2D eigenvalue weighted by molar-refractivity contribution is 0.0922. The minimum absolute atomic E-state index is 0.0962. The van der Waals surface area contributed by atoms with Gasteiger partial charge in [-0.1, -0.05) is 30.3 Å². The van der Waals surface area contributed by atoms with Gasteiger partial charge in [-0.2, -0.15) is 0 Å². The molecule has 0 atom stereocenters. The molecule has 0 aromatic heterocycles. The van der Waals surface area contributed by atoms with E-state index in [4.69, 9.17) is 9.84 Å². The molecule has 1 fully saturated rings. The third kappa shape index (κ3) is 3.23. The minimum atomic E-state index is -0.396. The molecule has 4 nitrogen and oxygen atoms in total. The topological polar surface area (TPSA) is 58.6 Å². The molecule has 0 heterocycles. The third-order valence-corrected chi connectivity index (χ3v) is 3.48. The minimum Gasteiger partial charge on any atom is -0.445 e. The van der Waals surface area contributed by atoms with Crippen molar-refractivity contribution in [1.29, 1.82) is 0 Å². The Labute approximate surface area is 107 Å². The number of carbonyl (C=O) groups is 1. The second kappa shape index (κ2) is 5.87. The molecular formula is C14H19NO3. The first-order valence-electron chi connectivity index (χ1n) is 6.34. The van der Waals surface area contributed by atoms with Crippen LogP contribution in [0.2, 0.25) is 0 Å². The number of aliphatic hydroxyl groups excluding tert-OH is 1. The number of ether oxygens (including phenoxy) is 1. The normalized spacial score (nSPS) is 16.7. The van der Waals surface area contributed by atoms with Gasteiger partial charge >= 0.3 is 6.09 Å². The quantitative estimate of drug-likeness (QED) is 0.841. The maximum absolute atomic E-state index is 11.7. The first-order chi connectivity index (χ1) is 8.74. The van der Waals surface area contributed by atoms with Crippen LogP contribution < -0.4 is 5.32 Å². The smallest absolute Gasteiger partial charge is 0.407 e. The molecule has 0 spiro atoms. The largest absolute Gasteiger partial charge is 0.445 e. The van der Waals surface area contributed by atoms with Crippen LogP contribution in [0.5, 0.6) is 0 Å². The Morgan fingerprint density at radius 1 is 1.33 bits per heavy atom. The summed E-state index contributed by atoms with van der Waals surface area (Å²) in [4.78, 5) is 11.7. The summed E-state index contributed by atoms with van der Waals surface area (Å²) in [5, 5.41) is 11.9. The molecule has 4 heteroatoms. The van der Waals surface area contributed by atoms with Crippen molar-refractivity contribution in [3.8, 4) is 0 Å². The highest BCUT2D eigenvalue weighted by Crippen LogP contribution is 2.34. The number of aliphatic hydroxyl groups is 1. The number of hydrogen-bond acceptors (Lipinski definition) is 3. The fraction of sp³-hybridized carbons (Fsp3) is 0.500. The third-order valence-electron chi connectivity index (χ3n) is 3.48. The van der Waals surface area contributed by atoms with E-state index >= 15 is 0 Å². The van der Waals surface area contributed by atoms with E-state index < -0.39 is 6.09 Å². The lowest BCUT2D eigenvalue weighted by Gasteiger charge is -2.41. The molecule has 0 saturated heterocycles. The Hall–Kier alpha value is -1.55. The molecule has 1 aromatic carbocycles. The molecular weight excluding hydrogens is 230 g/mol. The molecule has 2 rings (SSSR count). The van der Waals surface area contributed by atoms with Crippen LogP contribution in [0.3, 0.4) is 0 Å². The summed E-state index contributed by atoms with van der Waals surface area (Å²) in [6.45, 7) is 0.376. The van der Waals surface area contributed by atoms with Crippen molar-refractivity contribution in [1.82, 2.24) is 5.32 Å². The molecule has 1 amide bonds. The summed E-state index contributed by atoms with van der Waals surface area (Å²) in [7, 11) is 0. The summed E-state index contributed by atoms with van der Waals surface area (Å²) >= 11 is 0. The van der Waals surface area contributed by atoms with Crippen LogP contribution in [0.1, 0.15) is 31.2 Å². The Morgan fingerprint density at radius 2 is 2.06 bits per heavy atom. The van der Waals surface area contributed by atoms with Crippen molar-refractivity contribution in [2.75, 3.05) is 6.61 Å². The van der Waals surface area contributed by atoms with Gasteiger partial charge < -0.3 is 15.2 Å². The van der Waals surface area contributed by atoms with Gasteiger partial charge in [0.15, 0.2) is 0 Å². The van der Waals surface area contributed by atoms with Crippen LogP contribution in [0, 0.1) is 0 Å². The number of amides is 1. The second-order valence-electron chi connectivity index (χ2n) is 4.79. The fourth-order valence-electron chi connectivity index (χ4n) is 2.23. The van der Waals surface area contributed by atoms with E-state index in [0.29, 0.717) is 6.42 Å². The Balaban J connectivity index is 1.78. The van der Waals surface area contributed by atoms with Crippen molar-refractivity contribution < 1.29 is 14.6 Å². The molecule has 0 bridgehead atoms. The van der Waals surface area contributed by atoms with Gasteiger partial charge in [0.25, 0.3) is 0 Å². The fourth-order valence-corrected chi connectivity index (χ4v) is 2.23. The average molecular weight is 249 g/mol. The number of benzene rings is 1. The molecule has 2 N–H and O–H groups in total. The zero-order valence-electron chi connectivity index (χ0n) is 10.4. The highest BCUT2D eigenvalue weighted by atomic mass is 16.5. The van der Waals surface area contributed by atoms with Gasteiger partial charge in [-0.3, -0.25) is 0 Å². The zero-order chi connectivity index (χ0) is 12.8. The highest BCUT2D eigenvalue weighted by Gasteiger charge is 2.38. The maximum Gasteiger partial charge on any atom is 0.407 e. The lowest BCUT2D eigenvalue weighted by atomic mass is 9.75. The van der Waals surface area contributed by atoms with Gasteiger partial charge in [-0.15, -0.1) is 0 Å². The standard InChI is InChI=1S/C14H19NO3/c16-10-9-14(7-4-8-14)15-13(17)18-11-12-5-2-1-3-6-12/h1-3,5-6,16H,4,7-11H2,(H,15,17). The number of alkyl carbamates (subject to hydrolysis) is 1. The Bertz CT molecular complexity index is 387. The van der Waals surface area contributed by atoms with E-state index in [1.165, 1.54) is 0 Å². The van der Waals surface area contributed by atoms with Gasteiger partial charge in [-0.05, 0) is 31.2 Å². The predicted octanol–water partition coefficient (Wildman–Crippen LogP) is 2.22. The molecule has 1 aromatic rings. The van der Waals surface area contributed by atoms with Gasteiger partial charge in [0.2, 0.25) is 0 Å². The maximum atomic E-state index is 11.7. The van der Waals surface area contributed by atoms with Crippen LogP contribution in [0.25, 0.3) is 0 Å². The zero-order valence-corrected chi connectivity index (χ0v) is 10.4. The van der Waals surface area contributed by atoms with Gasteiger partial charge in [0.1, 0.15) is 6.61 Å². The first kappa shape index (κ1) is 12.9. The second-order valence-corrected chi connectivity index (χ2v) is 4.79. The average Bonchev–Trinajstić information content (AvgIpc) is 2.35. The van der Waals surface area contributed by atoms with E-state index in [9.17, 15) is 4.79 Å². The number of carbonyl (C=O) groups excluding carboxylic acids is 1. The highest BCUT2D eigenvalue weighted by molar-refractivity contribution is 5.68. The first-order valence-corrected chi connectivity index (χ1v) is 6.34. The van der Waals surface area contributed by atoms with Crippen molar-refractivity contribution in [3.63, 3.8) is 0 Å². The molecule has 1 aliphatic carbocycles. The van der Waals surface area contributed by atoms with Crippen molar-refractivity contribution in [3.05, 3.63) is 35.9 Å². The molecule has 18 heavy (non-hydrogen) atoms. The van der Waals surface area contributed by atoms with Gasteiger partial charge in [-0.25, -0.2) is 4.79 Å². The van der Waals surface area contributed by atoms with Crippen molar-refractivity contribution >= 4 is 6.09 Å². The molecule has 98 valence electrons. The lowest BCUT2D eigenvalue weighted by Crippen LogP contribution is -2.54. The van der Waals surface area contributed by atoms with Crippen LogP contribution in [0.15, 0.2) is 30.3 Å². The van der Waals surface area contributed by atoms with E-state index in [2.05, 4.69) is 5.32 Å². The molecule has 1 saturated carbocycles. The Kier molecular flexibility index (Phi) is 4.20. The predicted molar refractivity (Wildman–Crippen MR) is 68.0 cm³/mol. The van der Waals surface area contributed by atoms with E-state index in [-0.39, 0.29) is 18.8 Å². The van der Waals surface area contributed by atoms with Crippen molar-refractivity contribution in [2.24, 2.45) is 0 Å². The summed E-state index contributed by atoms with van der Waals surface area (Å²) in [6, 6.07) is 9.58. The number of nitrogens with one attached hydrogen (secondary N) is 1. The van der Waals surface area contributed by atoms with E-state index in [1.807, 2.05) is 30.3 Å². The molecule has 0 unspecified atom stereocenters. The van der Waals surface area contributed by atoms with E-state index in [1.54, 1.807) is 0 Å². The van der Waals surface area contributed by atoms with Crippen LogP contribution >= 0.6 is 0 Å². The molecule has 1 aliphatic rings. The van der Waals surface area contributed by atoms with Crippen LogP contribution in [-0.4, -0.2) is 23.3 Å². The van der Waals surface area contributed by atoms with Crippen LogP contribution in [0.4, 0.5) is 4.79 Å². The number of rotatable bonds is 5. The van der Waals surface area contributed by atoms with Crippen LogP contribution in [-0.2, 0) is 11.3 Å². The summed E-state index contributed by atoms with van der Waals surface area (Å²) in [5.74, 6) is 0. The monoisotopic (exact) mass is 249 g/mol. The number of hydrogen-bond donors (Lipinski definition) is 2.